The molecule has 1 aliphatic heterocycles. The van der Waals surface area contributed by atoms with Gasteiger partial charge in [0.15, 0.2) is 0 Å². The van der Waals surface area contributed by atoms with Crippen LogP contribution in [0.2, 0.25) is 0 Å². The minimum absolute atomic E-state index is 0.118. The Morgan fingerprint density at radius 3 is 2.73 bits per heavy atom. The second-order valence-electron chi connectivity index (χ2n) is 6.02. The fourth-order valence-corrected chi connectivity index (χ4v) is 3.60. The van der Waals surface area contributed by atoms with E-state index in [1.807, 2.05) is 0 Å². The number of nitrogens with zero attached hydrogens (tertiary/aromatic N) is 5. The summed E-state index contributed by atoms with van der Waals surface area (Å²) < 4.78 is 4.11. The van der Waals surface area contributed by atoms with Gasteiger partial charge in [-0.3, -0.25) is 4.79 Å². The van der Waals surface area contributed by atoms with Gasteiger partial charge in [-0.05, 0) is 15.9 Å². The van der Waals surface area contributed by atoms with Crippen molar-refractivity contribution in [2.24, 2.45) is 14.1 Å². The molecule has 0 spiro atoms. The number of fused-ring (bicyclic) bond motifs is 1. The molecule has 2 aromatic rings. The third-order valence-corrected chi connectivity index (χ3v) is 4.95. The second kappa shape index (κ2) is 5.53. The van der Waals surface area contributed by atoms with Crippen LogP contribution in [0.1, 0.15) is 37.0 Å². The predicted molar refractivity (Wildman–Crippen MR) is 89.2 cm³/mol. The van der Waals surface area contributed by atoms with Crippen molar-refractivity contribution in [2.75, 3.05) is 11.4 Å². The molecule has 0 atom stereocenters. The number of halogens is 1. The lowest BCUT2D eigenvalue weighted by Crippen LogP contribution is -2.33. The van der Waals surface area contributed by atoms with E-state index in [0.29, 0.717) is 16.9 Å². The Hall–Kier alpha value is -1.63. The number of imidazole rings is 1. The monoisotopic (exact) mass is 365 g/mol. The zero-order valence-electron chi connectivity index (χ0n) is 13.3. The molecule has 118 valence electrons. The molecule has 22 heavy (non-hydrogen) atoms. The molecule has 0 saturated carbocycles. The van der Waals surface area contributed by atoms with Crippen LogP contribution >= 0.6 is 15.9 Å². The molecule has 7 heteroatoms. The van der Waals surface area contributed by atoms with Crippen LogP contribution in [0.15, 0.2) is 15.5 Å². The summed E-state index contributed by atoms with van der Waals surface area (Å²) in [6.07, 6.45) is 2.66. The van der Waals surface area contributed by atoms with Gasteiger partial charge < -0.3 is 9.47 Å². The molecule has 0 radical (unpaired) electrons. The average Bonchev–Trinajstić information content (AvgIpc) is 2.82. The standard InChI is InChI=1S/C15H20BrN5O/c1-9(2)14-18-10-8-21(6-5-11(10)19(14)3)12-7-17-20(4)15(22)13(12)16/h7,9H,5-6,8H2,1-4H3. The fourth-order valence-electron chi connectivity index (χ4n) is 2.99. The van der Waals surface area contributed by atoms with E-state index in [1.165, 1.54) is 10.4 Å². The maximum atomic E-state index is 12.0. The van der Waals surface area contributed by atoms with Gasteiger partial charge in [-0.25, -0.2) is 9.67 Å². The first-order chi connectivity index (χ1) is 10.4. The zero-order valence-corrected chi connectivity index (χ0v) is 14.9. The molecule has 0 N–H and O–H groups in total. The number of hydrogen-bond acceptors (Lipinski definition) is 4. The van der Waals surface area contributed by atoms with Gasteiger partial charge >= 0.3 is 0 Å². The highest BCUT2D eigenvalue weighted by molar-refractivity contribution is 9.10. The molecule has 3 rings (SSSR count). The van der Waals surface area contributed by atoms with Crippen molar-refractivity contribution in [1.29, 1.82) is 0 Å². The van der Waals surface area contributed by atoms with Gasteiger partial charge in [0.05, 0.1) is 24.1 Å². The Kier molecular flexibility index (Phi) is 3.84. The third-order valence-electron chi connectivity index (χ3n) is 4.21. The van der Waals surface area contributed by atoms with Crippen molar-refractivity contribution in [3.05, 3.63) is 38.2 Å². The second-order valence-corrected chi connectivity index (χ2v) is 6.81. The molecular weight excluding hydrogens is 346 g/mol. The fraction of sp³-hybridized carbons (Fsp3) is 0.533. The van der Waals surface area contributed by atoms with Gasteiger partial charge in [0.1, 0.15) is 10.3 Å². The van der Waals surface area contributed by atoms with Gasteiger partial charge in [0.2, 0.25) is 0 Å². The summed E-state index contributed by atoms with van der Waals surface area (Å²) in [5.41, 5.74) is 3.12. The van der Waals surface area contributed by atoms with Crippen LogP contribution in [0.3, 0.4) is 0 Å². The van der Waals surface area contributed by atoms with Crippen molar-refractivity contribution >= 4 is 21.6 Å². The Morgan fingerprint density at radius 2 is 2.05 bits per heavy atom. The molecule has 0 bridgehead atoms. The van der Waals surface area contributed by atoms with E-state index >= 15 is 0 Å². The van der Waals surface area contributed by atoms with Crippen LogP contribution in [0.25, 0.3) is 0 Å². The van der Waals surface area contributed by atoms with Crippen molar-refractivity contribution < 1.29 is 0 Å². The Bertz CT molecular complexity index is 777. The van der Waals surface area contributed by atoms with E-state index in [9.17, 15) is 4.79 Å². The maximum absolute atomic E-state index is 12.0. The third kappa shape index (κ3) is 2.37. The van der Waals surface area contributed by atoms with Crippen molar-refractivity contribution in [3.63, 3.8) is 0 Å². The molecule has 0 saturated heterocycles. The average molecular weight is 366 g/mol. The highest BCUT2D eigenvalue weighted by Crippen LogP contribution is 2.29. The Balaban J connectivity index is 1.97. The van der Waals surface area contributed by atoms with Gasteiger partial charge in [0, 0.05) is 38.7 Å². The molecular formula is C15H20BrN5O. The van der Waals surface area contributed by atoms with Crippen molar-refractivity contribution in [1.82, 2.24) is 19.3 Å². The zero-order chi connectivity index (χ0) is 16.0. The molecule has 0 fully saturated rings. The molecule has 0 aliphatic carbocycles. The van der Waals surface area contributed by atoms with E-state index < -0.39 is 0 Å². The molecule has 0 amide bonds. The number of aryl methyl sites for hydroxylation is 1. The first-order valence-electron chi connectivity index (χ1n) is 7.41. The van der Waals surface area contributed by atoms with E-state index in [0.717, 1.165) is 30.2 Å². The Labute approximate surface area is 137 Å². The number of rotatable bonds is 2. The van der Waals surface area contributed by atoms with Crippen LogP contribution in [-0.4, -0.2) is 25.9 Å². The summed E-state index contributed by atoms with van der Waals surface area (Å²) in [6.45, 7) is 5.89. The maximum Gasteiger partial charge on any atom is 0.282 e. The Morgan fingerprint density at radius 1 is 1.32 bits per heavy atom. The summed E-state index contributed by atoms with van der Waals surface area (Å²) in [7, 11) is 3.74. The van der Waals surface area contributed by atoms with Gasteiger partial charge in [-0.1, -0.05) is 13.8 Å². The smallest absolute Gasteiger partial charge is 0.282 e. The quantitative estimate of drug-likeness (QED) is 0.816. The lowest BCUT2D eigenvalue weighted by atomic mass is 10.1. The largest absolute Gasteiger partial charge is 0.363 e. The van der Waals surface area contributed by atoms with Crippen molar-refractivity contribution in [2.45, 2.75) is 32.7 Å². The lowest BCUT2D eigenvalue weighted by molar-refractivity contribution is 0.652. The molecule has 1 aliphatic rings. The topological polar surface area (TPSA) is 56.0 Å². The van der Waals surface area contributed by atoms with E-state index in [4.69, 9.17) is 4.98 Å². The highest BCUT2D eigenvalue weighted by Gasteiger charge is 2.25. The van der Waals surface area contributed by atoms with Crippen LogP contribution in [0, 0.1) is 0 Å². The number of hydrogen-bond donors (Lipinski definition) is 0. The summed E-state index contributed by atoms with van der Waals surface area (Å²) in [4.78, 5) is 19.0. The van der Waals surface area contributed by atoms with E-state index in [1.54, 1.807) is 13.2 Å². The molecule has 0 aromatic carbocycles. The van der Waals surface area contributed by atoms with Gasteiger partial charge in [-0.2, -0.15) is 5.10 Å². The van der Waals surface area contributed by atoms with E-state index in [-0.39, 0.29) is 5.56 Å². The lowest BCUT2D eigenvalue weighted by Gasteiger charge is -2.29. The van der Waals surface area contributed by atoms with Gasteiger partial charge in [0.25, 0.3) is 5.56 Å². The first kappa shape index (κ1) is 15.3. The molecule has 6 nitrogen and oxygen atoms in total. The summed E-state index contributed by atoms with van der Waals surface area (Å²) in [5, 5.41) is 4.13. The van der Waals surface area contributed by atoms with Crippen LogP contribution in [-0.2, 0) is 27.1 Å². The van der Waals surface area contributed by atoms with Crippen LogP contribution in [0.5, 0.6) is 0 Å². The number of anilines is 1. The van der Waals surface area contributed by atoms with Crippen LogP contribution < -0.4 is 10.5 Å². The summed E-state index contributed by atoms with van der Waals surface area (Å²) in [6, 6.07) is 0. The normalized spacial score (nSPS) is 14.5. The first-order valence-corrected chi connectivity index (χ1v) is 8.20. The summed E-state index contributed by atoms with van der Waals surface area (Å²) in [5.74, 6) is 1.52. The minimum atomic E-state index is -0.118. The SMILES string of the molecule is CC(C)c1nc2c(n1C)CCN(c1cnn(C)c(=O)c1Br)C2. The predicted octanol–water partition coefficient (Wildman–Crippen LogP) is 1.96. The van der Waals surface area contributed by atoms with Crippen molar-refractivity contribution in [3.8, 4) is 0 Å². The molecule has 0 unspecified atom stereocenters. The van der Waals surface area contributed by atoms with E-state index in [2.05, 4.69) is 51.4 Å². The van der Waals surface area contributed by atoms with Gasteiger partial charge in [-0.15, -0.1) is 0 Å². The highest BCUT2D eigenvalue weighted by atomic mass is 79.9. The molecule has 2 aromatic heterocycles. The molecule has 3 heterocycles. The number of aromatic nitrogens is 4. The van der Waals surface area contributed by atoms with Crippen LogP contribution in [0.4, 0.5) is 5.69 Å². The summed E-state index contributed by atoms with van der Waals surface area (Å²) >= 11 is 3.41. The minimum Gasteiger partial charge on any atom is -0.363 e.